The minimum atomic E-state index is -1.87. The molecule has 0 heterocycles. The van der Waals surface area contributed by atoms with E-state index in [1.165, 1.54) is 96.3 Å². The van der Waals surface area contributed by atoms with E-state index in [2.05, 4.69) is 6.92 Å². The normalized spacial score (nSPS) is 11.8. The largest absolute Gasteiger partial charge is 0.697 e. The fourth-order valence-corrected chi connectivity index (χ4v) is 3.50. The molecule has 3 nitrogen and oxygen atoms in total. The first-order valence-electron chi connectivity index (χ1n) is 10.5. The molecule has 0 N–H and O–H groups in total. The first-order chi connectivity index (χ1) is 11.8. The zero-order valence-electron chi connectivity index (χ0n) is 16.4. The van der Waals surface area contributed by atoms with Gasteiger partial charge >= 0.3 is 8.25 Å². The Kier molecular flexibility index (Phi) is 21.1. The molecular formula is C20H42O3P+. The number of hydrogen-bond donors (Lipinski definition) is 0. The molecule has 0 aromatic carbocycles. The summed E-state index contributed by atoms with van der Waals surface area (Å²) in [6, 6.07) is 0. The molecule has 1 atom stereocenters. The van der Waals surface area contributed by atoms with Crippen molar-refractivity contribution in [3.8, 4) is 0 Å². The van der Waals surface area contributed by atoms with Gasteiger partial charge in [0.1, 0.15) is 13.2 Å². The molecule has 0 radical (unpaired) electrons. The predicted octanol–water partition coefficient (Wildman–Crippen LogP) is 7.96. The van der Waals surface area contributed by atoms with E-state index in [-0.39, 0.29) is 0 Å². The first-order valence-corrected chi connectivity index (χ1v) is 11.6. The van der Waals surface area contributed by atoms with E-state index in [4.69, 9.17) is 9.05 Å². The van der Waals surface area contributed by atoms with Crippen molar-refractivity contribution in [2.45, 2.75) is 117 Å². The minimum absolute atomic E-state index is 0.453. The van der Waals surface area contributed by atoms with E-state index in [0.29, 0.717) is 13.2 Å². The molecule has 144 valence electrons. The van der Waals surface area contributed by atoms with Gasteiger partial charge in [0.25, 0.3) is 0 Å². The number of unbranched alkanes of at least 4 members (excludes halogenated alkanes) is 15. The van der Waals surface area contributed by atoms with Gasteiger partial charge in [-0.25, -0.2) is 0 Å². The molecule has 24 heavy (non-hydrogen) atoms. The van der Waals surface area contributed by atoms with E-state index in [1.807, 2.05) is 6.92 Å². The Balaban J connectivity index is 3.01. The van der Waals surface area contributed by atoms with Gasteiger partial charge in [0, 0.05) is 4.57 Å². The van der Waals surface area contributed by atoms with Crippen molar-refractivity contribution in [3.63, 3.8) is 0 Å². The van der Waals surface area contributed by atoms with E-state index in [1.54, 1.807) is 0 Å². The van der Waals surface area contributed by atoms with E-state index in [0.717, 1.165) is 6.42 Å². The summed E-state index contributed by atoms with van der Waals surface area (Å²) in [4.78, 5) is 0. The third-order valence-electron chi connectivity index (χ3n) is 4.43. The fourth-order valence-electron chi connectivity index (χ4n) is 2.93. The first kappa shape index (κ1) is 24.0. The zero-order valence-corrected chi connectivity index (χ0v) is 17.3. The second-order valence-electron chi connectivity index (χ2n) is 6.78. The van der Waals surface area contributed by atoms with Crippen molar-refractivity contribution in [2.75, 3.05) is 13.2 Å². The Morgan fingerprint density at radius 2 is 0.917 bits per heavy atom. The van der Waals surface area contributed by atoms with Crippen molar-refractivity contribution in [1.82, 2.24) is 0 Å². The van der Waals surface area contributed by atoms with Gasteiger partial charge in [0.15, 0.2) is 0 Å². The Morgan fingerprint density at radius 3 is 1.29 bits per heavy atom. The van der Waals surface area contributed by atoms with E-state index in [9.17, 15) is 4.57 Å². The van der Waals surface area contributed by atoms with Crippen LogP contribution < -0.4 is 0 Å². The lowest BCUT2D eigenvalue weighted by Crippen LogP contribution is -1.89. The van der Waals surface area contributed by atoms with Crippen LogP contribution in [-0.2, 0) is 13.6 Å². The van der Waals surface area contributed by atoms with Gasteiger partial charge in [0.2, 0.25) is 0 Å². The molecule has 0 rings (SSSR count). The van der Waals surface area contributed by atoms with Crippen LogP contribution in [-0.4, -0.2) is 13.2 Å². The van der Waals surface area contributed by atoms with Crippen LogP contribution in [0.1, 0.15) is 117 Å². The SMILES string of the molecule is CCCCCCCCCCCCCCCCCCO[P+](=O)OCC. The molecule has 0 aliphatic rings. The third kappa shape index (κ3) is 20.1. The fraction of sp³-hybridized carbons (Fsp3) is 1.00. The topological polar surface area (TPSA) is 35.5 Å². The highest BCUT2D eigenvalue weighted by Gasteiger charge is 2.17. The Morgan fingerprint density at radius 1 is 0.542 bits per heavy atom. The molecule has 0 aliphatic heterocycles. The van der Waals surface area contributed by atoms with E-state index >= 15 is 0 Å². The van der Waals surface area contributed by atoms with Gasteiger partial charge < -0.3 is 0 Å². The molecule has 0 bridgehead atoms. The highest BCUT2D eigenvalue weighted by atomic mass is 31.1. The van der Waals surface area contributed by atoms with Gasteiger partial charge in [-0.1, -0.05) is 103 Å². The van der Waals surface area contributed by atoms with Crippen LogP contribution in [0, 0.1) is 0 Å². The van der Waals surface area contributed by atoms with Crippen LogP contribution in [0.15, 0.2) is 0 Å². The van der Waals surface area contributed by atoms with Crippen LogP contribution in [0.2, 0.25) is 0 Å². The van der Waals surface area contributed by atoms with Gasteiger partial charge in [-0.15, -0.1) is 9.05 Å². The Bertz CT molecular complexity index is 259. The Hall–Kier alpha value is 0.0200. The smallest absolute Gasteiger partial charge is 0.119 e. The highest BCUT2D eigenvalue weighted by Crippen LogP contribution is 2.23. The van der Waals surface area contributed by atoms with Crippen LogP contribution in [0.3, 0.4) is 0 Å². The second-order valence-corrected chi connectivity index (χ2v) is 7.74. The highest BCUT2D eigenvalue weighted by molar-refractivity contribution is 7.33. The summed E-state index contributed by atoms with van der Waals surface area (Å²) in [6.07, 6.45) is 21.8. The molecule has 1 unspecified atom stereocenters. The van der Waals surface area contributed by atoms with E-state index < -0.39 is 8.25 Å². The van der Waals surface area contributed by atoms with Crippen molar-refractivity contribution < 1.29 is 13.6 Å². The average Bonchev–Trinajstić information content (AvgIpc) is 2.58. The second kappa shape index (κ2) is 21.1. The molecule has 4 heteroatoms. The molecular weight excluding hydrogens is 319 g/mol. The summed E-state index contributed by atoms with van der Waals surface area (Å²) in [5.74, 6) is 0. The monoisotopic (exact) mass is 361 g/mol. The molecule has 0 amide bonds. The Labute approximate surface area is 152 Å². The average molecular weight is 362 g/mol. The molecule has 0 aromatic heterocycles. The van der Waals surface area contributed by atoms with Gasteiger partial charge in [-0.2, -0.15) is 0 Å². The maximum Gasteiger partial charge on any atom is 0.697 e. The summed E-state index contributed by atoms with van der Waals surface area (Å²) in [5, 5.41) is 0. The lowest BCUT2D eigenvalue weighted by molar-refractivity contribution is 0.229. The molecule has 0 aromatic rings. The summed E-state index contributed by atoms with van der Waals surface area (Å²) in [7, 11) is -1.87. The van der Waals surface area contributed by atoms with Crippen LogP contribution >= 0.6 is 8.25 Å². The number of hydrogen-bond acceptors (Lipinski definition) is 3. The lowest BCUT2D eigenvalue weighted by atomic mass is 10.0. The van der Waals surface area contributed by atoms with Crippen LogP contribution in [0.5, 0.6) is 0 Å². The van der Waals surface area contributed by atoms with Crippen LogP contribution in [0.25, 0.3) is 0 Å². The standard InChI is InChI=1S/C20H42O3P/c1-3-5-6-7-8-9-10-11-12-13-14-15-16-17-18-19-20-23-24(21)22-4-2/h3-20H2,1-2H3/q+1. The molecule has 0 fully saturated rings. The van der Waals surface area contributed by atoms with Crippen LogP contribution in [0.4, 0.5) is 0 Å². The van der Waals surface area contributed by atoms with Crippen molar-refractivity contribution >= 4 is 8.25 Å². The van der Waals surface area contributed by atoms with Crippen molar-refractivity contribution in [3.05, 3.63) is 0 Å². The summed E-state index contributed by atoms with van der Waals surface area (Å²) in [5.41, 5.74) is 0. The maximum atomic E-state index is 11.1. The van der Waals surface area contributed by atoms with Gasteiger partial charge in [-0.05, 0) is 13.3 Å². The maximum absolute atomic E-state index is 11.1. The number of rotatable bonds is 20. The minimum Gasteiger partial charge on any atom is -0.119 e. The molecule has 0 saturated carbocycles. The lowest BCUT2D eigenvalue weighted by Gasteiger charge is -2.03. The summed E-state index contributed by atoms with van der Waals surface area (Å²) < 4.78 is 21.1. The quantitative estimate of drug-likeness (QED) is 0.163. The molecule has 0 aliphatic carbocycles. The molecule has 0 saturated heterocycles. The van der Waals surface area contributed by atoms with Gasteiger partial charge in [-0.3, -0.25) is 0 Å². The zero-order chi connectivity index (χ0) is 17.7. The van der Waals surface area contributed by atoms with Crippen molar-refractivity contribution in [1.29, 1.82) is 0 Å². The summed E-state index contributed by atoms with van der Waals surface area (Å²) >= 11 is 0. The molecule has 0 spiro atoms. The summed E-state index contributed by atoms with van der Waals surface area (Å²) in [6.45, 7) is 5.12. The predicted molar refractivity (Wildman–Crippen MR) is 105 cm³/mol. The van der Waals surface area contributed by atoms with Crippen molar-refractivity contribution in [2.24, 2.45) is 0 Å². The third-order valence-corrected chi connectivity index (χ3v) is 5.29. The van der Waals surface area contributed by atoms with Gasteiger partial charge in [0.05, 0.1) is 0 Å².